The molecule has 0 aliphatic heterocycles. The van der Waals surface area contributed by atoms with Gasteiger partial charge in [-0.2, -0.15) is 0 Å². The van der Waals surface area contributed by atoms with Gasteiger partial charge in [-0.1, -0.05) is 17.7 Å². The summed E-state index contributed by atoms with van der Waals surface area (Å²) in [7, 11) is -4.12. The van der Waals surface area contributed by atoms with Gasteiger partial charge in [0.2, 0.25) is 10.0 Å². The molecular weight excluding hydrogens is 309 g/mol. The highest BCUT2D eigenvalue weighted by Crippen LogP contribution is 2.24. The Balaban J connectivity index is 3.00. The molecule has 0 aromatic heterocycles. The van der Waals surface area contributed by atoms with Gasteiger partial charge in [0.1, 0.15) is 4.90 Å². The van der Waals surface area contributed by atoms with Crippen LogP contribution in [0.2, 0.25) is 5.02 Å². The SMILES string of the molecule is CC(C)(CCC(=O)O)NS(=O)(=O)c1cccc(Cl)c1F. The zero-order chi connectivity index (χ0) is 15.6. The van der Waals surface area contributed by atoms with E-state index in [1.54, 1.807) is 0 Å². The van der Waals surface area contributed by atoms with E-state index in [0.717, 1.165) is 6.07 Å². The lowest BCUT2D eigenvalue weighted by Gasteiger charge is -2.25. The molecule has 0 spiro atoms. The summed E-state index contributed by atoms with van der Waals surface area (Å²) in [5, 5.41) is 8.32. The van der Waals surface area contributed by atoms with Crippen molar-refractivity contribution >= 4 is 27.6 Å². The number of carboxylic acid groups (broad SMARTS) is 1. The molecule has 0 amide bonds. The number of carboxylic acids is 1. The monoisotopic (exact) mass is 323 g/mol. The van der Waals surface area contributed by atoms with E-state index in [0.29, 0.717) is 0 Å². The second kappa shape index (κ2) is 6.07. The molecule has 8 heteroatoms. The van der Waals surface area contributed by atoms with Crippen LogP contribution in [-0.2, 0) is 14.8 Å². The lowest BCUT2D eigenvalue weighted by molar-refractivity contribution is -0.137. The lowest BCUT2D eigenvalue weighted by Crippen LogP contribution is -2.43. The molecule has 1 rings (SSSR count). The van der Waals surface area contributed by atoms with E-state index in [1.165, 1.54) is 26.0 Å². The summed E-state index contributed by atoms with van der Waals surface area (Å²) in [6, 6.07) is 3.66. The molecule has 0 atom stereocenters. The van der Waals surface area contributed by atoms with Gasteiger partial charge >= 0.3 is 5.97 Å². The van der Waals surface area contributed by atoms with E-state index in [4.69, 9.17) is 16.7 Å². The molecule has 1 aromatic rings. The fraction of sp³-hybridized carbons (Fsp3) is 0.417. The van der Waals surface area contributed by atoms with Crippen LogP contribution in [-0.4, -0.2) is 25.0 Å². The van der Waals surface area contributed by atoms with E-state index in [-0.39, 0.29) is 17.9 Å². The number of carbonyl (C=O) groups is 1. The fourth-order valence-corrected chi connectivity index (χ4v) is 3.35. The van der Waals surface area contributed by atoms with Gasteiger partial charge in [-0.15, -0.1) is 0 Å². The first-order valence-electron chi connectivity index (χ1n) is 5.75. The van der Waals surface area contributed by atoms with Crippen molar-refractivity contribution < 1.29 is 22.7 Å². The zero-order valence-electron chi connectivity index (χ0n) is 11.0. The molecule has 5 nitrogen and oxygen atoms in total. The second-order valence-electron chi connectivity index (χ2n) is 4.94. The molecule has 0 heterocycles. The minimum atomic E-state index is -4.12. The van der Waals surface area contributed by atoms with Crippen molar-refractivity contribution in [3.8, 4) is 0 Å². The second-order valence-corrected chi connectivity index (χ2v) is 6.99. The van der Waals surface area contributed by atoms with E-state index in [9.17, 15) is 17.6 Å². The summed E-state index contributed by atoms with van der Waals surface area (Å²) in [6.45, 7) is 3.05. The van der Waals surface area contributed by atoms with Gasteiger partial charge < -0.3 is 5.11 Å². The molecule has 0 unspecified atom stereocenters. The molecular formula is C12H15ClFNO4S. The maximum absolute atomic E-state index is 13.7. The summed E-state index contributed by atoms with van der Waals surface area (Å²) in [4.78, 5) is 9.96. The molecule has 0 radical (unpaired) electrons. The first-order valence-corrected chi connectivity index (χ1v) is 7.61. The van der Waals surface area contributed by atoms with Gasteiger partial charge in [-0.3, -0.25) is 4.79 Å². The molecule has 112 valence electrons. The van der Waals surface area contributed by atoms with E-state index >= 15 is 0 Å². The minimum absolute atomic E-state index is 0.0732. The van der Waals surface area contributed by atoms with Gasteiger partial charge in [0.25, 0.3) is 0 Å². The lowest BCUT2D eigenvalue weighted by atomic mass is 10.0. The summed E-state index contributed by atoms with van der Waals surface area (Å²) in [6.07, 6.45) is -0.128. The van der Waals surface area contributed by atoms with Crippen molar-refractivity contribution in [2.24, 2.45) is 0 Å². The third-order valence-corrected chi connectivity index (χ3v) is 4.59. The predicted molar refractivity (Wildman–Crippen MR) is 72.7 cm³/mol. The molecule has 0 aliphatic carbocycles. The highest BCUT2D eigenvalue weighted by molar-refractivity contribution is 7.89. The van der Waals surface area contributed by atoms with Gasteiger partial charge in [-0.25, -0.2) is 17.5 Å². The van der Waals surface area contributed by atoms with Crippen molar-refractivity contribution in [1.82, 2.24) is 4.72 Å². The van der Waals surface area contributed by atoms with E-state index < -0.39 is 32.2 Å². The van der Waals surface area contributed by atoms with Gasteiger partial charge in [0.05, 0.1) is 5.02 Å². The van der Waals surface area contributed by atoms with Crippen LogP contribution in [0.5, 0.6) is 0 Å². The molecule has 0 aliphatic rings. The number of hydrogen-bond donors (Lipinski definition) is 2. The Morgan fingerprint density at radius 1 is 1.45 bits per heavy atom. The van der Waals surface area contributed by atoms with Crippen LogP contribution in [0.1, 0.15) is 26.7 Å². The number of benzene rings is 1. The highest BCUT2D eigenvalue weighted by Gasteiger charge is 2.29. The first kappa shape index (κ1) is 16.9. The van der Waals surface area contributed by atoms with Crippen LogP contribution in [0.25, 0.3) is 0 Å². The molecule has 1 aromatic carbocycles. The maximum atomic E-state index is 13.7. The van der Waals surface area contributed by atoms with E-state index in [2.05, 4.69) is 4.72 Å². The third kappa shape index (κ3) is 4.43. The third-order valence-electron chi connectivity index (χ3n) is 2.58. The fourth-order valence-electron chi connectivity index (χ4n) is 1.58. The van der Waals surface area contributed by atoms with Crippen molar-refractivity contribution in [2.75, 3.05) is 0 Å². The Kier molecular flexibility index (Phi) is 5.12. The number of sulfonamides is 1. The topological polar surface area (TPSA) is 83.5 Å². The summed E-state index contributed by atoms with van der Waals surface area (Å²) in [5.74, 6) is -2.07. The van der Waals surface area contributed by atoms with Crippen LogP contribution < -0.4 is 4.72 Å². The Bertz CT molecular complexity index is 616. The Labute approximate surface area is 121 Å². The highest BCUT2D eigenvalue weighted by atomic mass is 35.5. The zero-order valence-corrected chi connectivity index (χ0v) is 12.6. The van der Waals surface area contributed by atoms with Crippen molar-refractivity contribution in [3.05, 3.63) is 29.0 Å². The van der Waals surface area contributed by atoms with Gasteiger partial charge in [-0.05, 0) is 32.4 Å². The predicted octanol–water partition coefficient (Wildman–Crippen LogP) is 2.40. The molecule has 0 saturated carbocycles. The average molecular weight is 324 g/mol. The van der Waals surface area contributed by atoms with Crippen LogP contribution in [0.15, 0.2) is 23.1 Å². The number of hydrogen-bond acceptors (Lipinski definition) is 3. The molecule has 0 saturated heterocycles. The molecule has 20 heavy (non-hydrogen) atoms. The van der Waals surface area contributed by atoms with Gasteiger partial charge in [0, 0.05) is 12.0 Å². The molecule has 2 N–H and O–H groups in total. The minimum Gasteiger partial charge on any atom is -0.481 e. The molecule has 0 fully saturated rings. The quantitative estimate of drug-likeness (QED) is 0.842. The number of aliphatic carboxylic acids is 1. The van der Waals surface area contributed by atoms with E-state index in [1.807, 2.05) is 0 Å². The van der Waals surface area contributed by atoms with Crippen LogP contribution >= 0.6 is 11.6 Å². The summed E-state index contributed by atoms with van der Waals surface area (Å²) < 4.78 is 40.2. The number of rotatable bonds is 6. The first-order chi connectivity index (χ1) is 9.05. The smallest absolute Gasteiger partial charge is 0.303 e. The number of halogens is 2. The average Bonchev–Trinajstić information content (AvgIpc) is 2.29. The van der Waals surface area contributed by atoms with Crippen molar-refractivity contribution in [3.63, 3.8) is 0 Å². The van der Waals surface area contributed by atoms with Gasteiger partial charge in [0.15, 0.2) is 5.82 Å². The molecule has 0 bridgehead atoms. The Morgan fingerprint density at radius 2 is 2.05 bits per heavy atom. The Hall–Kier alpha value is -1.18. The Morgan fingerprint density at radius 3 is 2.60 bits per heavy atom. The van der Waals surface area contributed by atoms with Crippen molar-refractivity contribution in [2.45, 2.75) is 37.1 Å². The summed E-state index contributed by atoms with van der Waals surface area (Å²) >= 11 is 5.55. The standard InChI is InChI=1S/C12H15ClFNO4S/c1-12(2,7-6-10(16)17)15-20(18,19)9-5-3-4-8(13)11(9)14/h3-5,15H,6-7H2,1-2H3,(H,16,17). The number of nitrogens with one attached hydrogen (secondary N) is 1. The van der Waals surface area contributed by atoms with Crippen molar-refractivity contribution in [1.29, 1.82) is 0 Å². The van der Waals surface area contributed by atoms with Crippen LogP contribution in [0.4, 0.5) is 4.39 Å². The normalized spacial score (nSPS) is 12.4. The summed E-state index contributed by atoms with van der Waals surface area (Å²) in [5.41, 5.74) is -1.02. The maximum Gasteiger partial charge on any atom is 0.303 e. The van der Waals surface area contributed by atoms with Crippen LogP contribution in [0, 0.1) is 5.82 Å². The van der Waals surface area contributed by atoms with Crippen LogP contribution in [0.3, 0.4) is 0 Å². The largest absolute Gasteiger partial charge is 0.481 e.